The molecule has 0 aliphatic carbocycles. The molecular weight excluding hydrogens is 402 g/mol. The average molecular weight is 424 g/mol. The second-order valence-corrected chi connectivity index (χ2v) is 8.36. The van der Waals surface area contributed by atoms with Crippen LogP contribution in [0.4, 0.5) is 5.69 Å². The standard InChI is InChI=1S/C22H21N3O2S2/c1-3-24(18-11-7-9-15-8-5-6-10-16(15)18)19(26)14-29-22-23-17-12-13-28-20(17)21(27)25(22)4-2/h5-13H,3-4,14H2,1-2H3. The molecule has 0 saturated heterocycles. The fourth-order valence-electron chi connectivity index (χ4n) is 3.44. The Hall–Kier alpha value is -2.64. The number of anilines is 1. The first-order valence-electron chi connectivity index (χ1n) is 9.53. The average Bonchev–Trinajstić information content (AvgIpc) is 3.22. The van der Waals surface area contributed by atoms with E-state index in [0.29, 0.717) is 28.5 Å². The molecule has 0 unspecified atom stereocenters. The Bertz CT molecular complexity index is 1240. The first-order valence-corrected chi connectivity index (χ1v) is 11.4. The Labute approximate surface area is 177 Å². The number of carbonyl (C=O) groups is 1. The molecule has 0 radical (unpaired) electrons. The smallest absolute Gasteiger partial charge is 0.272 e. The zero-order valence-corrected chi connectivity index (χ0v) is 17.9. The number of nitrogens with zero attached hydrogens (tertiary/aromatic N) is 3. The number of thioether (sulfide) groups is 1. The van der Waals surface area contributed by atoms with Crippen molar-refractivity contribution < 1.29 is 4.79 Å². The fourth-order valence-corrected chi connectivity index (χ4v) is 5.16. The molecule has 2 heterocycles. The van der Waals surface area contributed by atoms with Crippen LogP contribution in [0.2, 0.25) is 0 Å². The van der Waals surface area contributed by atoms with Gasteiger partial charge in [0.05, 0.1) is 17.0 Å². The van der Waals surface area contributed by atoms with Crippen LogP contribution in [-0.4, -0.2) is 27.8 Å². The molecule has 1 amide bonds. The van der Waals surface area contributed by atoms with E-state index in [9.17, 15) is 9.59 Å². The van der Waals surface area contributed by atoms with Crippen LogP contribution in [0.5, 0.6) is 0 Å². The summed E-state index contributed by atoms with van der Waals surface area (Å²) in [5.74, 6) is 0.218. The van der Waals surface area contributed by atoms with Gasteiger partial charge in [-0.1, -0.05) is 48.2 Å². The van der Waals surface area contributed by atoms with Crippen LogP contribution in [-0.2, 0) is 11.3 Å². The van der Waals surface area contributed by atoms with Crippen LogP contribution in [0, 0.1) is 0 Å². The lowest BCUT2D eigenvalue weighted by atomic mass is 10.1. The zero-order valence-electron chi connectivity index (χ0n) is 16.3. The summed E-state index contributed by atoms with van der Waals surface area (Å²) in [5, 5.41) is 4.62. The third kappa shape index (κ3) is 3.68. The third-order valence-electron chi connectivity index (χ3n) is 4.85. The predicted molar refractivity (Wildman–Crippen MR) is 122 cm³/mol. The summed E-state index contributed by atoms with van der Waals surface area (Å²) >= 11 is 2.72. The second-order valence-electron chi connectivity index (χ2n) is 6.50. The Kier molecular flexibility index (Phi) is 5.69. The number of fused-ring (bicyclic) bond motifs is 2. The van der Waals surface area contributed by atoms with Crippen LogP contribution in [0.3, 0.4) is 0 Å². The van der Waals surface area contributed by atoms with E-state index in [1.165, 1.54) is 23.1 Å². The highest BCUT2D eigenvalue weighted by Gasteiger charge is 2.18. The van der Waals surface area contributed by atoms with E-state index < -0.39 is 0 Å². The van der Waals surface area contributed by atoms with Gasteiger partial charge in [0.25, 0.3) is 5.56 Å². The lowest BCUT2D eigenvalue weighted by molar-refractivity contribution is -0.116. The number of rotatable bonds is 6. The minimum absolute atomic E-state index is 0.00355. The maximum atomic E-state index is 13.1. The monoisotopic (exact) mass is 423 g/mol. The van der Waals surface area contributed by atoms with Gasteiger partial charge in [-0.05, 0) is 36.7 Å². The Balaban J connectivity index is 1.62. The zero-order chi connectivity index (χ0) is 20.4. The van der Waals surface area contributed by atoms with Gasteiger partial charge in [-0.15, -0.1) is 11.3 Å². The summed E-state index contributed by atoms with van der Waals surface area (Å²) in [6, 6.07) is 15.9. The molecular formula is C22H21N3O2S2. The van der Waals surface area contributed by atoms with Crippen molar-refractivity contribution in [2.45, 2.75) is 25.5 Å². The van der Waals surface area contributed by atoms with Crippen molar-refractivity contribution in [2.75, 3.05) is 17.2 Å². The molecule has 4 rings (SSSR count). The second kappa shape index (κ2) is 8.39. The summed E-state index contributed by atoms with van der Waals surface area (Å²) in [5.41, 5.74) is 1.57. The van der Waals surface area contributed by atoms with Crippen molar-refractivity contribution >= 4 is 55.7 Å². The van der Waals surface area contributed by atoms with Crippen molar-refractivity contribution in [1.29, 1.82) is 0 Å². The molecule has 0 N–H and O–H groups in total. The summed E-state index contributed by atoms with van der Waals surface area (Å²) in [7, 11) is 0. The van der Waals surface area contributed by atoms with E-state index in [4.69, 9.17) is 0 Å². The molecule has 0 bridgehead atoms. The maximum absolute atomic E-state index is 13.1. The Morgan fingerprint density at radius 3 is 2.72 bits per heavy atom. The third-order valence-corrected chi connectivity index (χ3v) is 6.70. The molecule has 4 aromatic rings. The number of hydrogen-bond acceptors (Lipinski definition) is 5. The summed E-state index contributed by atoms with van der Waals surface area (Å²) in [4.78, 5) is 32.2. The van der Waals surface area contributed by atoms with Crippen molar-refractivity contribution in [3.63, 3.8) is 0 Å². The first kappa shape index (κ1) is 19.7. The highest BCUT2D eigenvalue weighted by atomic mass is 32.2. The maximum Gasteiger partial charge on any atom is 0.272 e. The molecule has 7 heteroatoms. The van der Waals surface area contributed by atoms with Gasteiger partial charge >= 0.3 is 0 Å². The van der Waals surface area contributed by atoms with Gasteiger partial charge in [-0.2, -0.15) is 0 Å². The normalized spacial score (nSPS) is 11.2. The lowest BCUT2D eigenvalue weighted by Gasteiger charge is -2.23. The van der Waals surface area contributed by atoms with Gasteiger partial charge in [0.15, 0.2) is 5.16 Å². The Morgan fingerprint density at radius 1 is 1.14 bits per heavy atom. The quantitative estimate of drug-likeness (QED) is 0.331. The van der Waals surface area contributed by atoms with Crippen LogP contribution in [0.25, 0.3) is 21.0 Å². The first-order chi connectivity index (χ1) is 14.1. The molecule has 0 aliphatic rings. The minimum atomic E-state index is -0.0381. The highest BCUT2D eigenvalue weighted by Crippen LogP contribution is 2.28. The molecule has 0 saturated carbocycles. The number of hydrogen-bond donors (Lipinski definition) is 0. The van der Waals surface area contributed by atoms with Crippen LogP contribution >= 0.6 is 23.1 Å². The van der Waals surface area contributed by atoms with Crippen molar-refractivity contribution in [3.8, 4) is 0 Å². The number of thiophene rings is 1. The van der Waals surface area contributed by atoms with Crippen molar-refractivity contribution in [3.05, 3.63) is 64.3 Å². The van der Waals surface area contributed by atoms with Crippen molar-refractivity contribution in [1.82, 2.24) is 9.55 Å². The van der Waals surface area contributed by atoms with Gasteiger partial charge in [0.2, 0.25) is 5.91 Å². The van der Waals surface area contributed by atoms with E-state index in [0.717, 1.165) is 16.5 Å². The van der Waals surface area contributed by atoms with Gasteiger partial charge in [-0.25, -0.2) is 4.98 Å². The number of carbonyl (C=O) groups excluding carboxylic acids is 1. The molecule has 0 aliphatic heterocycles. The van der Waals surface area contributed by atoms with E-state index in [1.807, 2.05) is 67.8 Å². The molecule has 29 heavy (non-hydrogen) atoms. The highest BCUT2D eigenvalue weighted by molar-refractivity contribution is 7.99. The summed E-state index contributed by atoms with van der Waals surface area (Å²) in [6.07, 6.45) is 0. The molecule has 5 nitrogen and oxygen atoms in total. The predicted octanol–water partition coefficient (Wildman–Crippen LogP) is 4.78. The Morgan fingerprint density at radius 2 is 1.93 bits per heavy atom. The molecule has 0 fully saturated rings. The molecule has 148 valence electrons. The van der Waals surface area contributed by atoms with E-state index in [2.05, 4.69) is 4.98 Å². The lowest BCUT2D eigenvalue weighted by Crippen LogP contribution is -2.32. The summed E-state index contributed by atoms with van der Waals surface area (Å²) in [6.45, 7) is 4.99. The van der Waals surface area contributed by atoms with Crippen LogP contribution < -0.4 is 10.5 Å². The SMILES string of the molecule is CCN(C(=O)CSc1nc2ccsc2c(=O)n1CC)c1cccc2ccccc12. The van der Waals surface area contributed by atoms with Gasteiger partial charge in [-0.3, -0.25) is 14.2 Å². The molecule has 0 atom stereocenters. The fraction of sp³-hybridized carbons (Fsp3) is 0.227. The minimum Gasteiger partial charge on any atom is -0.311 e. The summed E-state index contributed by atoms with van der Waals surface area (Å²) < 4.78 is 2.30. The number of aromatic nitrogens is 2. The molecule has 2 aromatic heterocycles. The molecule has 2 aromatic carbocycles. The van der Waals surface area contributed by atoms with Crippen LogP contribution in [0.15, 0.2) is 63.9 Å². The van der Waals surface area contributed by atoms with Gasteiger partial charge < -0.3 is 4.90 Å². The molecule has 0 spiro atoms. The number of amides is 1. The van der Waals surface area contributed by atoms with E-state index >= 15 is 0 Å². The van der Waals surface area contributed by atoms with Gasteiger partial charge in [0.1, 0.15) is 4.70 Å². The van der Waals surface area contributed by atoms with E-state index in [-0.39, 0.29) is 17.2 Å². The topological polar surface area (TPSA) is 55.2 Å². The van der Waals surface area contributed by atoms with Crippen molar-refractivity contribution in [2.24, 2.45) is 0 Å². The van der Waals surface area contributed by atoms with E-state index in [1.54, 1.807) is 9.47 Å². The number of benzene rings is 2. The largest absolute Gasteiger partial charge is 0.311 e. The van der Waals surface area contributed by atoms with Gasteiger partial charge in [0, 0.05) is 18.5 Å². The van der Waals surface area contributed by atoms with Crippen LogP contribution in [0.1, 0.15) is 13.8 Å².